The molecular weight excluding hydrogens is 368 g/mol. The first-order valence-electron chi connectivity index (χ1n) is 8.18. The minimum Gasteiger partial charge on any atom is -0.273 e. The van der Waals surface area contributed by atoms with Gasteiger partial charge in [-0.25, -0.2) is 0 Å². The van der Waals surface area contributed by atoms with Crippen molar-refractivity contribution >= 4 is 23.2 Å². The third kappa shape index (κ3) is 5.10. The number of non-ortho nitro benzene ring substituents is 2. The van der Waals surface area contributed by atoms with E-state index in [1.54, 1.807) is 0 Å². The number of hydrogen-bond donors (Lipinski definition) is 0. The average Bonchev–Trinajstić information content (AvgIpc) is 2.67. The van der Waals surface area contributed by atoms with Gasteiger partial charge in [-0.3, -0.25) is 39.8 Å². The maximum Gasteiger partial charge on any atom is 0.269 e. The van der Waals surface area contributed by atoms with Gasteiger partial charge in [0.2, 0.25) is 11.8 Å². The zero-order chi connectivity index (χ0) is 20.8. The zero-order valence-corrected chi connectivity index (χ0v) is 15.3. The molecule has 0 radical (unpaired) electrons. The molecule has 10 nitrogen and oxygen atoms in total. The van der Waals surface area contributed by atoms with Crippen LogP contribution in [0.4, 0.5) is 11.4 Å². The van der Waals surface area contributed by atoms with E-state index in [0.717, 1.165) is 10.0 Å². The Kier molecular flexibility index (Phi) is 6.38. The van der Waals surface area contributed by atoms with Crippen LogP contribution in [-0.2, 0) is 22.4 Å². The first kappa shape index (κ1) is 20.5. The van der Waals surface area contributed by atoms with Gasteiger partial charge in [0.1, 0.15) is 0 Å². The standard InChI is InChI=1S/C18H18N4O6/c1-19(17(23)11-13-3-7-15(8-4-13)21(25)26)20(2)18(24)12-14-5-9-16(10-6-14)22(27)28/h3-10H,11-12H2,1-2H3. The van der Waals surface area contributed by atoms with E-state index in [1.165, 1.54) is 62.6 Å². The van der Waals surface area contributed by atoms with Gasteiger partial charge in [0.15, 0.2) is 0 Å². The average molecular weight is 386 g/mol. The maximum absolute atomic E-state index is 12.4. The van der Waals surface area contributed by atoms with Crippen molar-refractivity contribution in [2.24, 2.45) is 0 Å². The molecule has 0 aliphatic rings. The van der Waals surface area contributed by atoms with Gasteiger partial charge < -0.3 is 0 Å². The van der Waals surface area contributed by atoms with E-state index in [2.05, 4.69) is 0 Å². The number of amides is 2. The molecule has 0 atom stereocenters. The monoisotopic (exact) mass is 386 g/mol. The minimum absolute atomic E-state index is 0.0242. The van der Waals surface area contributed by atoms with Gasteiger partial charge in [-0.1, -0.05) is 24.3 Å². The molecule has 146 valence electrons. The summed E-state index contributed by atoms with van der Waals surface area (Å²) < 4.78 is 0. The molecule has 0 N–H and O–H groups in total. The van der Waals surface area contributed by atoms with Crippen molar-refractivity contribution in [3.05, 3.63) is 79.9 Å². The third-order valence-corrected chi connectivity index (χ3v) is 4.18. The van der Waals surface area contributed by atoms with E-state index >= 15 is 0 Å². The fourth-order valence-electron chi connectivity index (χ4n) is 2.38. The smallest absolute Gasteiger partial charge is 0.269 e. The summed E-state index contributed by atoms with van der Waals surface area (Å²) in [6.45, 7) is 0. The van der Waals surface area contributed by atoms with E-state index in [4.69, 9.17) is 0 Å². The van der Waals surface area contributed by atoms with Crippen LogP contribution >= 0.6 is 0 Å². The SMILES string of the molecule is CN(C(=O)Cc1ccc([N+](=O)[O-])cc1)N(C)C(=O)Cc1ccc([N+](=O)[O-])cc1. The van der Waals surface area contributed by atoms with E-state index in [9.17, 15) is 29.8 Å². The number of hydrogen-bond acceptors (Lipinski definition) is 6. The summed E-state index contributed by atoms with van der Waals surface area (Å²) in [6.07, 6.45) is -0.0483. The fourth-order valence-corrected chi connectivity index (χ4v) is 2.38. The molecule has 2 rings (SSSR count). The minimum atomic E-state index is -0.525. The van der Waals surface area contributed by atoms with Gasteiger partial charge in [-0.05, 0) is 11.1 Å². The highest BCUT2D eigenvalue weighted by molar-refractivity contribution is 5.84. The highest BCUT2D eigenvalue weighted by Crippen LogP contribution is 2.15. The van der Waals surface area contributed by atoms with Gasteiger partial charge in [0.05, 0.1) is 22.7 Å². The van der Waals surface area contributed by atoms with Crippen LogP contribution in [0.15, 0.2) is 48.5 Å². The van der Waals surface area contributed by atoms with Gasteiger partial charge in [0.25, 0.3) is 11.4 Å². The van der Waals surface area contributed by atoms with Crippen LogP contribution in [0.1, 0.15) is 11.1 Å². The Hall–Kier alpha value is -3.82. The summed E-state index contributed by atoms with van der Waals surface area (Å²) in [5, 5.41) is 23.6. The van der Waals surface area contributed by atoms with E-state index in [1.807, 2.05) is 0 Å². The molecule has 0 unspecified atom stereocenters. The second-order valence-corrected chi connectivity index (χ2v) is 6.04. The summed E-state index contributed by atoms with van der Waals surface area (Å²) >= 11 is 0. The first-order valence-corrected chi connectivity index (χ1v) is 8.18. The summed E-state index contributed by atoms with van der Waals surface area (Å²) in [7, 11) is 2.89. The van der Waals surface area contributed by atoms with Crippen LogP contribution in [0.25, 0.3) is 0 Å². The van der Waals surface area contributed by atoms with Crippen molar-refractivity contribution in [3.63, 3.8) is 0 Å². The number of nitrogens with zero attached hydrogens (tertiary/aromatic N) is 4. The van der Waals surface area contributed by atoms with Crippen LogP contribution in [0, 0.1) is 20.2 Å². The van der Waals surface area contributed by atoms with Crippen LogP contribution in [0.5, 0.6) is 0 Å². The zero-order valence-electron chi connectivity index (χ0n) is 15.3. The number of likely N-dealkylation sites (N-methyl/N-ethyl adjacent to an activating group) is 2. The molecule has 10 heteroatoms. The van der Waals surface area contributed by atoms with Crippen LogP contribution < -0.4 is 0 Å². The summed E-state index contributed by atoms with van der Waals surface area (Å²) in [5.74, 6) is -0.734. The van der Waals surface area contributed by atoms with Gasteiger partial charge in [-0.2, -0.15) is 0 Å². The van der Waals surface area contributed by atoms with E-state index in [-0.39, 0.29) is 36.0 Å². The van der Waals surface area contributed by atoms with Crippen molar-refractivity contribution in [2.75, 3.05) is 14.1 Å². The molecular formula is C18H18N4O6. The second-order valence-electron chi connectivity index (χ2n) is 6.04. The first-order chi connectivity index (χ1) is 13.2. The lowest BCUT2D eigenvalue weighted by molar-refractivity contribution is -0.385. The molecule has 0 fully saturated rings. The molecule has 2 amide bonds. The summed E-state index contributed by atoms with van der Waals surface area (Å²) in [6, 6.07) is 11.2. The molecule has 0 aliphatic carbocycles. The van der Waals surface area contributed by atoms with Crippen LogP contribution in [0.2, 0.25) is 0 Å². The lowest BCUT2D eigenvalue weighted by Crippen LogP contribution is -2.46. The molecule has 0 bridgehead atoms. The number of carbonyl (C=O) groups is 2. The third-order valence-electron chi connectivity index (χ3n) is 4.18. The fraction of sp³-hybridized carbons (Fsp3) is 0.222. The molecule has 2 aromatic carbocycles. The number of rotatable bonds is 6. The second kappa shape index (κ2) is 8.71. The Morgan fingerprint density at radius 2 is 1.00 bits per heavy atom. The highest BCUT2D eigenvalue weighted by atomic mass is 16.6. The molecule has 0 aliphatic heterocycles. The van der Waals surface area contributed by atoms with Crippen molar-refractivity contribution in [1.82, 2.24) is 10.0 Å². The molecule has 28 heavy (non-hydrogen) atoms. The Labute approximate surface area is 160 Å². The Morgan fingerprint density at radius 1 is 0.714 bits per heavy atom. The molecule has 2 aromatic rings. The largest absolute Gasteiger partial charge is 0.273 e. The van der Waals surface area contributed by atoms with Crippen molar-refractivity contribution < 1.29 is 19.4 Å². The van der Waals surface area contributed by atoms with Crippen LogP contribution in [-0.4, -0.2) is 45.8 Å². The number of carbonyl (C=O) groups excluding carboxylic acids is 2. The lowest BCUT2D eigenvalue weighted by atomic mass is 10.1. The summed E-state index contributed by atoms with van der Waals surface area (Å²) in [4.78, 5) is 45.0. The predicted octanol–water partition coefficient (Wildman–Crippen LogP) is 2.12. The topological polar surface area (TPSA) is 127 Å². The summed E-state index contributed by atoms with van der Waals surface area (Å²) in [5.41, 5.74) is 1.03. The molecule has 0 saturated carbocycles. The Balaban J connectivity index is 1.96. The highest BCUT2D eigenvalue weighted by Gasteiger charge is 2.20. The predicted molar refractivity (Wildman–Crippen MR) is 99.1 cm³/mol. The van der Waals surface area contributed by atoms with Crippen LogP contribution in [0.3, 0.4) is 0 Å². The van der Waals surface area contributed by atoms with Crippen molar-refractivity contribution in [2.45, 2.75) is 12.8 Å². The maximum atomic E-state index is 12.4. The normalized spacial score (nSPS) is 10.2. The van der Waals surface area contributed by atoms with Crippen molar-refractivity contribution in [1.29, 1.82) is 0 Å². The molecule has 0 spiro atoms. The molecule has 0 saturated heterocycles. The quantitative estimate of drug-likeness (QED) is 0.553. The van der Waals surface area contributed by atoms with Gasteiger partial charge in [0, 0.05) is 38.4 Å². The Bertz CT molecular complexity index is 820. The van der Waals surface area contributed by atoms with E-state index in [0.29, 0.717) is 11.1 Å². The molecule has 0 heterocycles. The van der Waals surface area contributed by atoms with Gasteiger partial charge >= 0.3 is 0 Å². The molecule has 0 aromatic heterocycles. The number of nitro benzene ring substituents is 2. The lowest BCUT2D eigenvalue weighted by Gasteiger charge is -2.28. The number of hydrazine groups is 1. The number of nitro groups is 2. The van der Waals surface area contributed by atoms with Gasteiger partial charge in [-0.15, -0.1) is 0 Å². The van der Waals surface area contributed by atoms with E-state index < -0.39 is 9.85 Å². The van der Waals surface area contributed by atoms with Crippen molar-refractivity contribution in [3.8, 4) is 0 Å². The Morgan fingerprint density at radius 3 is 1.25 bits per heavy atom. The number of benzene rings is 2.